The molecule has 0 aliphatic rings. The van der Waals surface area contributed by atoms with Crippen LogP contribution >= 0.6 is 0 Å². The maximum Gasteiger partial charge on any atom is 0.296 e. The summed E-state index contributed by atoms with van der Waals surface area (Å²) in [4.78, 5) is 0.230. The van der Waals surface area contributed by atoms with E-state index in [1.807, 2.05) is 26.0 Å². The summed E-state index contributed by atoms with van der Waals surface area (Å²) in [7, 11) is -3.55. The molecule has 0 aromatic heterocycles. The summed E-state index contributed by atoms with van der Waals surface area (Å²) < 4.78 is 27.9. The van der Waals surface area contributed by atoms with Crippen LogP contribution in [0.4, 0.5) is 0 Å². The van der Waals surface area contributed by atoms with Gasteiger partial charge in [0.05, 0.1) is 11.5 Å². The van der Waals surface area contributed by atoms with E-state index >= 15 is 0 Å². The molecular weight excluding hydrogens is 212 g/mol. The van der Waals surface area contributed by atoms with Gasteiger partial charge in [0.2, 0.25) is 0 Å². The smallest absolute Gasteiger partial charge is 0.266 e. The SMILES string of the molecule is CCCOS(=O)(=O)c1ccc(CC)cc1. The van der Waals surface area contributed by atoms with E-state index in [9.17, 15) is 8.42 Å². The van der Waals surface area contributed by atoms with Crippen molar-refractivity contribution < 1.29 is 12.6 Å². The first kappa shape index (κ1) is 12.2. The minimum Gasteiger partial charge on any atom is -0.266 e. The van der Waals surface area contributed by atoms with Crippen molar-refractivity contribution in [1.82, 2.24) is 0 Å². The summed E-state index contributed by atoms with van der Waals surface area (Å²) in [6.45, 7) is 4.13. The zero-order valence-electron chi connectivity index (χ0n) is 9.06. The van der Waals surface area contributed by atoms with Crippen molar-refractivity contribution in [2.24, 2.45) is 0 Å². The molecule has 0 N–H and O–H groups in total. The van der Waals surface area contributed by atoms with E-state index in [1.165, 1.54) is 0 Å². The third-order valence-electron chi connectivity index (χ3n) is 2.06. The fourth-order valence-electron chi connectivity index (χ4n) is 1.15. The first-order valence-electron chi connectivity index (χ1n) is 5.08. The molecule has 0 radical (unpaired) electrons. The van der Waals surface area contributed by atoms with Crippen molar-refractivity contribution in [3.05, 3.63) is 29.8 Å². The minimum atomic E-state index is -3.55. The Hall–Kier alpha value is -0.870. The maximum absolute atomic E-state index is 11.6. The summed E-state index contributed by atoms with van der Waals surface area (Å²) in [6.07, 6.45) is 1.59. The third kappa shape index (κ3) is 3.32. The lowest BCUT2D eigenvalue weighted by Crippen LogP contribution is -2.07. The van der Waals surface area contributed by atoms with Gasteiger partial charge in [0.15, 0.2) is 0 Å². The molecule has 4 heteroatoms. The Morgan fingerprint density at radius 2 is 1.73 bits per heavy atom. The molecule has 0 unspecified atom stereocenters. The molecule has 15 heavy (non-hydrogen) atoms. The molecule has 0 atom stereocenters. The summed E-state index contributed by atoms with van der Waals surface area (Å²) in [6, 6.07) is 6.79. The Bertz CT molecular complexity index is 392. The molecule has 84 valence electrons. The second-order valence-electron chi connectivity index (χ2n) is 3.27. The van der Waals surface area contributed by atoms with Crippen molar-refractivity contribution in [3.8, 4) is 0 Å². The van der Waals surface area contributed by atoms with Crippen LogP contribution in [0.1, 0.15) is 25.8 Å². The molecular formula is C11H16O3S. The predicted octanol–water partition coefficient (Wildman–Crippen LogP) is 2.36. The molecule has 3 nitrogen and oxygen atoms in total. The van der Waals surface area contributed by atoms with E-state index in [0.717, 1.165) is 12.0 Å². The normalized spacial score (nSPS) is 11.6. The summed E-state index contributed by atoms with van der Waals surface area (Å²) in [5.74, 6) is 0. The zero-order chi connectivity index (χ0) is 11.3. The van der Waals surface area contributed by atoms with Gasteiger partial charge in [-0.2, -0.15) is 8.42 Å². The van der Waals surface area contributed by atoms with E-state index in [4.69, 9.17) is 4.18 Å². The molecule has 0 fully saturated rings. The third-order valence-corrected chi connectivity index (χ3v) is 3.39. The standard InChI is InChI=1S/C11H16O3S/c1-3-9-14-15(12,13)11-7-5-10(4-2)6-8-11/h5-8H,3-4,9H2,1-2H3. The van der Waals surface area contributed by atoms with E-state index in [0.29, 0.717) is 6.42 Å². The monoisotopic (exact) mass is 228 g/mol. The Kier molecular flexibility index (Phi) is 4.29. The second kappa shape index (κ2) is 5.28. The number of rotatable bonds is 5. The topological polar surface area (TPSA) is 43.4 Å². The average Bonchev–Trinajstić information content (AvgIpc) is 2.26. The van der Waals surface area contributed by atoms with Gasteiger partial charge < -0.3 is 0 Å². The van der Waals surface area contributed by atoms with Crippen molar-refractivity contribution in [2.75, 3.05) is 6.61 Å². The van der Waals surface area contributed by atoms with Gasteiger partial charge in [0.1, 0.15) is 0 Å². The van der Waals surface area contributed by atoms with Crippen LogP contribution in [0.2, 0.25) is 0 Å². The first-order valence-corrected chi connectivity index (χ1v) is 6.49. The van der Waals surface area contributed by atoms with E-state index in [1.54, 1.807) is 12.1 Å². The Morgan fingerprint density at radius 3 is 2.20 bits per heavy atom. The quantitative estimate of drug-likeness (QED) is 0.727. The molecule has 1 aromatic carbocycles. The van der Waals surface area contributed by atoms with Gasteiger partial charge in [-0.25, -0.2) is 0 Å². The maximum atomic E-state index is 11.6. The van der Waals surface area contributed by atoms with Crippen molar-refractivity contribution in [3.63, 3.8) is 0 Å². The Balaban J connectivity index is 2.86. The van der Waals surface area contributed by atoms with E-state index < -0.39 is 10.1 Å². The van der Waals surface area contributed by atoms with Gasteiger partial charge in [-0.3, -0.25) is 4.18 Å². The van der Waals surface area contributed by atoms with Crippen LogP contribution in [0, 0.1) is 0 Å². The van der Waals surface area contributed by atoms with Crippen LogP contribution in [0.3, 0.4) is 0 Å². The second-order valence-corrected chi connectivity index (χ2v) is 4.89. The van der Waals surface area contributed by atoms with Crippen LogP contribution < -0.4 is 0 Å². The molecule has 0 bridgehead atoms. The van der Waals surface area contributed by atoms with E-state index in [-0.39, 0.29) is 11.5 Å². The fraction of sp³-hybridized carbons (Fsp3) is 0.455. The largest absolute Gasteiger partial charge is 0.296 e. The van der Waals surface area contributed by atoms with Crippen LogP contribution in [-0.2, 0) is 20.7 Å². The Labute approximate surface area is 91.2 Å². The highest BCUT2D eigenvalue weighted by Crippen LogP contribution is 2.13. The molecule has 0 spiro atoms. The molecule has 0 amide bonds. The molecule has 0 aliphatic carbocycles. The lowest BCUT2D eigenvalue weighted by atomic mass is 10.2. The number of hydrogen-bond donors (Lipinski definition) is 0. The zero-order valence-corrected chi connectivity index (χ0v) is 9.88. The van der Waals surface area contributed by atoms with E-state index in [2.05, 4.69) is 0 Å². The van der Waals surface area contributed by atoms with Crippen LogP contribution in [0.15, 0.2) is 29.2 Å². The van der Waals surface area contributed by atoms with Gasteiger partial charge in [-0.1, -0.05) is 26.0 Å². The van der Waals surface area contributed by atoms with Gasteiger partial charge in [-0.05, 0) is 30.5 Å². The van der Waals surface area contributed by atoms with Crippen molar-refractivity contribution in [2.45, 2.75) is 31.6 Å². The first-order chi connectivity index (χ1) is 7.10. The summed E-state index contributed by atoms with van der Waals surface area (Å²) in [5, 5.41) is 0. The van der Waals surface area contributed by atoms with Crippen LogP contribution in [-0.4, -0.2) is 15.0 Å². The number of aryl methyl sites for hydroxylation is 1. The molecule has 0 heterocycles. The lowest BCUT2D eigenvalue weighted by molar-refractivity contribution is 0.318. The minimum absolute atomic E-state index is 0.230. The highest BCUT2D eigenvalue weighted by molar-refractivity contribution is 7.86. The molecule has 0 saturated carbocycles. The van der Waals surface area contributed by atoms with Crippen molar-refractivity contribution >= 4 is 10.1 Å². The molecule has 0 aliphatic heterocycles. The van der Waals surface area contributed by atoms with Gasteiger partial charge >= 0.3 is 0 Å². The molecule has 1 aromatic rings. The van der Waals surface area contributed by atoms with Gasteiger partial charge in [0, 0.05) is 0 Å². The predicted molar refractivity (Wildman–Crippen MR) is 59.2 cm³/mol. The highest BCUT2D eigenvalue weighted by Gasteiger charge is 2.13. The lowest BCUT2D eigenvalue weighted by Gasteiger charge is -2.04. The van der Waals surface area contributed by atoms with Crippen LogP contribution in [0.5, 0.6) is 0 Å². The summed E-state index contributed by atoms with van der Waals surface area (Å²) in [5.41, 5.74) is 1.12. The van der Waals surface area contributed by atoms with Gasteiger partial charge in [0.25, 0.3) is 10.1 Å². The molecule has 1 rings (SSSR count). The average molecular weight is 228 g/mol. The number of hydrogen-bond acceptors (Lipinski definition) is 3. The molecule has 0 saturated heterocycles. The van der Waals surface area contributed by atoms with Gasteiger partial charge in [-0.15, -0.1) is 0 Å². The fourth-order valence-corrected chi connectivity index (χ4v) is 2.14. The van der Waals surface area contributed by atoms with Crippen molar-refractivity contribution in [1.29, 1.82) is 0 Å². The highest BCUT2D eigenvalue weighted by atomic mass is 32.2. The number of benzene rings is 1. The Morgan fingerprint density at radius 1 is 1.13 bits per heavy atom. The van der Waals surface area contributed by atoms with Crippen LogP contribution in [0.25, 0.3) is 0 Å². The summed E-state index contributed by atoms with van der Waals surface area (Å²) >= 11 is 0.